The average molecular weight is 359 g/mol. The van der Waals surface area contributed by atoms with Gasteiger partial charge in [-0.05, 0) is 30.2 Å². The van der Waals surface area contributed by atoms with Crippen LogP contribution in [0.15, 0.2) is 48.5 Å². The van der Waals surface area contributed by atoms with E-state index in [2.05, 4.69) is 5.32 Å². The summed E-state index contributed by atoms with van der Waals surface area (Å²) in [6.07, 6.45) is 0. The third kappa shape index (κ3) is 4.67. The van der Waals surface area contributed by atoms with Gasteiger partial charge in [0.1, 0.15) is 5.60 Å². The molecule has 6 heteroatoms. The molecule has 0 saturated carbocycles. The number of benzene rings is 2. The number of fused-ring (bicyclic) bond motifs is 1. The van der Waals surface area contributed by atoms with Gasteiger partial charge in [0.25, 0.3) is 0 Å². The molecule has 0 saturated heterocycles. The first-order chi connectivity index (χ1) is 12.0. The molecule has 2 aromatic rings. The second kappa shape index (κ2) is 7.80. The van der Waals surface area contributed by atoms with Gasteiger partial charge in [0, 0.05) is 5.75 Å². The van der Waals surface area contributed by atoms with Crippen LogP contribution in [0.1, 0.15) is 18.1 Å². The van der Waals surface area contributed by atoms with Gasteiger partial charge in [0.2, 0.25) is 12.7 Å². The average Bonchev–Trinajstić information content (AvgIpc) is 3.09. The van der Waals surface area contributed by atoms with Crippen molar-refractivity contribution in [1.82, 2.24) is 5.32 Å². The molecule has 0 aromatic heterocycles. The highest BCUT2D eigenvalue weighted by atomic mass is 32.2. The fraction of sp³-hybridized carbons (Fsp3) is 0.316. The molecule has 3 rings (SSSR count). The van der Waals surface area contributed by atoms with Gasteiger partial charge in [0.15, 0.2) is 11.5 Å². The van der Waals surface area contributed by atoms with Crippen LogP contribution in [0.2, 0.25) is 0 Å². The Morgan fingerprint density at radius 2 is 1.96 bits per heavy atom. The van der Waals surface area contributed by atoms with Crippen LogP contribution in [0.5, 0.6) is 11.5 Å². The quantitative estimate of drug-likeness (QED) is 0.796. The van der Waals surface area contributed by atoms with Crippen molar-refractivity contribution in [3.05, 3.63) is 59.7 Å². The summed E-state index contributed by atoms with van der Waals surface area (Å²) in [6, 6.07) is 15.3. The first-order valence-electron chi connectivity index (χ1n) is 8.05. The van der Waals surface area contributed by atoms with Crippen LogP contribution in [0, 0.1) is 0 Å². The molecule has 1 heterocycles. The minimum Gasteiger partial charge on any atom is -0.454 e. The fourth-order valence-electron chi connectivity index (χ4n) is 2.49. The maximum absolute atomic E-state index is 12.0. The summed E-state index contributed by atoms with van der Waals surface area (Å²) in [7, 11) is 0. The summed E-state index contributed by atoms with van der Waals surface area (Å²) < 4.78 is 10.6. The van der Waals surface area contributed by atoms with E-state index in [0.717, 1.165) is 5.75 Å². The van der Waals surface area contributed by atoms with E-state index >= 15 is 0 Å². The van der Waals surface area contributed by atoms with Crippen molar-refractivity contribution >= 4 is 17.7 Å². The van der Waals surface area contributed by atoms with E-state index in [0.29, 0.717) is 22.8 Å². The third-order valence-electron chi connectivity index (χ3n) is 3.97. The van der Waals surface area contributed by atoms with Gasteiger partial charge in [0.05, 0.1) is 12.3 Å². The van der Waals surface area contributed by atoms with Gasteiger partial charge in [-0.3, -0.25) is 4.79 Å². The summed E-state index contributed by atoms with van der Waals surface area (Å²) in [5, 5.41) is 13.4. The molecule has 1 aliphatic heterocycles. The Bertz CT molecular complexity index is 733. The van der Waals surface area contributed by atoms with E-state index in [1.807, 2.05) is 30.3 Å². The molecule has 0 fully saturated rings. The second-order valence-electron chi connectivity index (χ2n) is 6.10. The van der Waals surface area contributed by atoms with E-state index in [1.54, 1.807) is 36.9 Å². The molecule has 1 aliphatic rings. The largest absolute Gasteiger partial charge is 0.454 e. The molecule has 2 N–H and O–H groups in total. The van der Waals surface area contributed by atoms with Crippen LogP contribution >= 0.6 is 11.8 Å². The van der Waals surface area contributed by atoms with Crippen LogP contribution in [-0.2, 0) is 16.1 Å². The van der Waals surface area contributed by atoms with Crippen LogP contribution in [0.3, 0.4) is 0 Å². The SMILES string of the molecule is CC(O)(CNC(=O)CSCc1ccccc1)c1ccc2c(c1)OCO2. The van der Waals surface area contributed by atoms with Gasteiger partial charge >= 0.3 is 0 Å². The number of carbonyl (C=O) groups is 1. The standard InChI is InChI=1S/C19H21NO4S/c1-19(22,15-7-8-16-17(9-15)24-13-23-16)12-20-18(21)11-25-10-14-5-3-2-4-6-14/h2-9,22H,10-13H2,1H3,(H,20,21). The van der Waals surface area contributed by atoms with E-state index in [4.69, 9.17) is 9.47 Å². The van der Waals surface area contributed by atoms with Crippen molar-refractivity contribution in [2.45, 2.75) is 18.3 Å². The van der Waals surface area contributed by atoms with Gasteiger partial charge in [-0.15, -0.1) is 11.8 Å². The molecule has 0 aliphatic carbocycles. The number of thioether (sulfide) groups is 1. The molecule has 1 atom stereocenters. The third-order valence-corrected chi connectivity index (χ3v) is 4.97. The predicted octanol–water partition coefficient (Wildman–Crippen LogP) is 2.67. The molecule has 1 unspecified atom stereocenters. The first-order valence-corrected chi connectivity index (χ1v) is 9.21. The monoisotopic (exact) mass is 359 g/mol. The van der Waals surface area contributed by atoms with Crippen molar-refractivity contribution in [2.24, 2.45) is 0 Å². The minimum absolute atomic E-state index is 0.0954. The van der Waals surface area contributed by atoms with E-state index in [1.165, 1.54) is 5.56 Å². The molecule has 1 amide bonds. The number of hydrogen-bond donors (Lipinski definition) is 2. The van der Waals surface area contributed by atoms with Crippen molar-refractivity contribution in [1.29, 1.82) is 0 Å². The maximum atomic E-state index is 12.0. The Balaban J connectivity index is 1.47. The Morgan fingerprint density at radius 1 is 1.20 bits per heavy atom. The van der Waals surface area contributed by atoms with Gasteiger partial charge < -0.3 is 19.9 Å². The lowest BCUT2D eigenvalue weighted by Gasteiger charge is -2.24. The van der Waals surface area contributed by atoms with E-state index < -0.39 is 5.60 Å². The molecular formula is C19H21NO4S. The van der Waals surface area contributed by atoms with Crippen molar-refractivity contribution in [3.63, 3.8) is 0 Å². The Morgan fingerprint density at radius 3 is 2.76 bits per heavy atom. The Labute approximate surface area is 151 Å². The number of rotatable bonds is 7. The summed E-state index contributed by atoms with van der Waals surface area (Å²) in [6.45, 7) is 2.00. The summed E-state index contributed by atoms with van der Waals surface area (Å²) in [5.74, 6) is 2.32. The Kier molecular flexibility index (Phi) is 5.50. The highest BCUT2D eigenvalue weighted by Gasteiger charge is 2.26. The topological polar surface area (TPSA) is 67.8 Å². The molecule has 25 heavy (non-hydrogen) atoms. The molecule has 0 bridgehead atoms. The fourth-order valence-corrected chi connectivity index (χ4v) is 3.31. The minimum atomic E-state index is -1.18. The van der Waals surface area contributed by atoms with Crippen molar-refractivity contribution in [3.8, 4) is 11.5 Å². The summed E-state index contributed by atoms with van der Waals surface area (Å²) >= 11 is 1.55. The lowest BCUT2D eigenvalue weighted by Crippen LogP contribution is -2.39. The Hall–Kier alpha value is -2.18. The van der Waals surface area contributed by atoms with Crippen molar-refractivity contribution in [2.75, 3.05) is 19.1 Å². The smallest absolute Gasteiger partial charge is 0.231 e. The highest BCUT2D eigenvalue weighted by Crippen LogP contribution is 2.35. The van der Waals surface area contributed by atoms with Gasteiger partial charge in [-0.25, -0.2) is 0 Å². The molecule has 2 aromatic carbocycles. The maximum Gasteiger partial charge on any atom is 0.231 e. The number of aliphatic hydroxyl groups is 1. The van der Waals surface area contributed by atoms with Crippen LogP contribution in [0.4, 0.5) is 0 Å². The normalized spacial score (nSPS) is 14.8. The van der Waals surface area contributed by atoms with Crippen LogP contribution in [-0.4, -0.2) is 30.1 Å². The predicted molar refractivity (Wildman–Crippen MR) is 97.7 cm³/mol. The van der Waals surface area contributed by atoms with E-state index in [-0.39, 0.29) is 19.2 Å². The molecule has 0 spiro atoms. The number of ether oxygens (including phenoxy) is 2. The number of carbonyl (C=O) groups excluding carboxylic acids is 1. The van der Waals surface area contributed by atoms with Crippen molar-refractivity contribution < 1.29 is 19.4 Å². The van der Waals surface area contributed by atoms with Gasteiger partial charge in [-0.1, -0.05) is 36.4 Å². The summed E-state index contributed by atoms with van der Waals surface area (Å²) in [4.78, 5) is 12.0. The number of amides is 1. The molecule has 5 nitrogen and oxygen atoms in total. The zero-order chi connectivity index (χ0) is 17.7. The second-order valence-corrected chi connectivity index (χ2v) is 7.08. The zero-order valence-electron chi connectivity index (χ0n) is 14.0. The van der Waals surface area contributed by atoms with E-state index in [9.17, 15) is 9.90 Å². The lowest BCUT2D eigenvalue weighted by molar-refractivity contribution is -0.119. The number of hydrogen-bond acceptors (Lipinski definition) is 5. The van der Waals surface area contributed by atoms with Crippen LogP contribution < -0.4 is 14.8 Å². The van der Waals surface area contributed by atoms with Gasteiger partial charge in [-0.2, -0.15) is 0 Å². The summed E-state index contributed by atoms with van der Waals surface area (Å²) in [5.41, 5.74) is 0.683. The first kappa shape index (κ1) is 17.6. The molecule has 132 valence electrons. The number of nitrogens with one attached hydrogen (secondary N) is 1. The zero-order valence-corrected chi connectivity index (χ0v) is 14.8. The molecule has 0 radical (unpaired) electrons. The van der Waals surface area contributed by atoms with Crippen LogP contribution in [0.25, 0.3) is 0 Å². The lowest BCUT2D eigenvalue weighted by atomic mass is 9.95. The highest BCUT2D eigenvalue weighted by molar-refractivity contribution is 7.99. The molecular weight excluding hydrogens is 338 g/mol.